The molecule has 1 spiro atoms. The number of thiophene rings is 1. The van der Waals surface area contributed by atoms with Gasteiger partial charge in [-0.2, -0.15) is 11.3 Å². The molecule has 0 atom stereocenters. The van der Waals surface area contributed by atoms with Crippen LogP contribution in [0.1, 0.15) is 36.0 Å². The van der Waals surface area contributed by atoms with Crippen LogP contribution in [-0.2, 0) is 0 Å². The first kappa shape index (κ1) is 15.6. The van der Waals surface area contributed by atoms with E-state index >= 15 is 0 Å². The van der Waals surface area contributed by atoms with Gasteiger partial charge in [0.05, 0.1) is 5.56 Å². The normalized spacial score (nSPS) is 20.3. The number of carbonyl (C=O) groups excluding carboxylic acids is 1. The summed E-state index contributed by atoms with van der Waals surface area (Å²) in [5.41, 5.74) is 1.24. The molecule has 126 valence electrons. The van der Waals surface area contributed by atoms with Gasteiger partial charge in [-0.05, 0) is 48.6 Å². The van der Waals surface area contributed by atoms with Crippen molar-refractivity contribution in [1.29, 1.82) is 0 Å². The minimum absolute atomic E-state index is 0.196. The molecular weight excluding hydrogens is 320 g/mol. The molecule has 0 radical (unpaired) electrons. The molecule has 5 nitrogen and oxygen atoms in total. The van der Waals surface area contributed by atoms with Crippen LogP contribution in [0.25, 0.3) is 0 Å². The van der Waals surface area contributed by atoms with Gasteiger partial charge in [0.15, 0.2) is 0 Å². The van der Waals surface area contributed by atoms with Gasteiger partial charge in [-0.1, -0.05) is 0 Å². The van der Waals surface area contributed by atoms with Gasteiger partial charge >= 0.3 is 0 Å². The highest BCUT2D eigenvalue weighted by Gasteiger charge is 2.39. The summed E-state index contributed by atoms with van der Waals surface area (Å²) in [5, 5.41) is 3.92. The van der Waals surface area contributed by atoms with E-state index < -0.39 is 0 Å². The summed E-state index contributed by atoms with van der Waals surface area (Å²) < 4.78 is 0. The van der Waals surface area contributed by atoms with E-state index in [1.165, 1.54) is 12.8 Å². The summed E-state index contributed by atoms with van der Waals surface area (Å²) in [6.45, 7) is 3.80. The average molecular weight is 342 g/mol. The maximum Gasteiger partial charge on any atom is 0.254 e. The lowest BCUT2D eigenvalue weighted by molar-refractivity contribution is 0.0514. The highest BCUT2D eigenvalue weighted by atomic mass is 32.1. The molecule has 2 aromatic heterocycles. The van der Waals surface area contributed by atoms with E-state index in [0.29, 0.717) is 5.41 Å². The van der Waals surface area contributed by atoms with Crippen LogP contribution in [0.5, 0.6) is 0 Å². The standard InChI is InChI=1S/C18H22N4OS/c23-16(15-2-13-24-14-15)21-9-3-18(4-10-21)5-11-22(12-6-18)17-19-7-1-8-20-17/h1-2,7-8,13-14H,3-6,9-12H2. The zero-order valence-electron chi connectivity index (χ0n) is 13.7. The van der Waals surface area contributed by atoms with Crippen LogP contribution in [-0.4, -0.2) is 47.0 Å². The second-order valence-electron chi connectivity index (χ2n) is 6.84. The Morgan fingerprint density at radius 1 is 1.04 bits per heavy atom. The van der Waals surface area contributed by atoms with Gasteiger partial charge in [-0.25, -0.2) is 9.97 Å². The Morgan fingerprint density at radius 2 is 1.71 bits per heavy atom. The first-order valence-corrected chi connectivity index (χ1v) is 9.54. The molecule has 0 bridgehead atoms. The monoisotopic (exact) mass is 342 g/mol. The second kappa shape index (κ2) is 6.51. The highest BCUT2D eigenvalue weighted by Crippen LogP contribution is 2.41. The maximum absolute atomic E-state index is 12.5. The number of amides is 1. The third-order valence-electron chi connectivity index (χ3n) is 5.54. The zero-order valence-corrected chi connectivity index (χ0v) is 14.5. The Kier molecular flexibility index (Phi) is 4.22. The summed E-state index contributed by atoms with van der Waals surface area (Å²) in [4.78, 5) is 25.5. The van der Waals surface area contributed by atoms with Gasteiger partial charge < -0.3 is 9.80 Å². The van der Waals surface area contributed by atoms with Crippen LogP contribution in [0.2, 0.25) is 0 Å². The predicted octanol–water partition coefficient (Wildman–Crippen LogP) is 3.06. The zero-order chi connectivity index (χ0) is 16.4. The third kappa shape index (κ3) is 3.02. The molecular formula is C18H22N4OS. The molecule has 24 heavy (non-hydrogen) atoms. The van der Waals surface area contributed by atoms with Gasteiger partial charge in [0.2, 0.25) is 5.95 Å². The van der Waals surface area contributed by atoms with Crippen molar-refractivity contribution in [3.63, 3.8) is 0 Å². The van der Waals surface area contributed by atoms with E-state index in [0.717, 1.165) is 50.5 Å². The van der Waals surface area contributed by atoms with Crippen molar-refractivity contribution in [2.75, 3.05) is 31.1 Å². The number of aromatic nitrogens is 2. The van der Waals surface area contributed by atoms with Crippen molar-refractivity contribution < 1.29 is 4.79 Å². The number of hydrogen-bond acceptors (Lipinski definition) is 5. The Balaban J connectivity index is 1.34. The van der Waals surface area contributed by atoms with E-state index in [-0.39, 0.29) is 5.91 Å². The van der Waals surface area contributed by atoms with Gasteiger partial charge in [-0.3, -0.25) is 4.79 Å². The molecule has 4 rings (SSSR count). The highest BCUT2D eigenvalue weighted by molar-refractivity contribution is 7.08. The lowest BCUT2D eigenvalue weighted by Crippen LogP contribution is -2.48. The number of rotatable bonds is 2. The fraction of sp³-hybridized carbons (Fsp3) is 0.500. The van der Waals surface area contributed by atoms with Crippen molar-refractivity contribution in [3.05, 3.63) is 40.8 Å². The number of carbonyl (C=O) groups is 1. The molecule has 0 N–H and O–H groups in total. The van der Waals surface area contributed by atoms with Crippen LogP contribution >= 0.6 is 11.3 Å². The molecule has 4 heterocycles. The number of hydrogen-bond donors (Lipinski definition) is 0. The van der Waals surface area contributed by atoms with Crippen LogP contribution in [0, 0.1) is 5.41 Å². The smallest absolute Gasteiger partial charge is 0.254 e. The van der Waals surface area contributed by atoms with Crippen LogP contribution in [0.3, 0.4) is 0 Å². The molecule has 2 fully saturated rings. The molecule has 2 aliphatic rings. The molecule has 0 aromatic carbocycles. The summed E-state index contributed by atoms with van der Waals surface area (Å²) in [6.07, 6.45) is 8.19. The van der Waals surface area contributed by atoms with Gasteiger partial charge in [0.25, 0.3) is 5.91 Å². The molecule has 2 aromatic rings. The minimum atomic E-state index is 0.196. The van der Waals surface area contributed by atoms with E-state index in [4.69, 9.17) is 0 Å². The molecule has 0 aliphatic carbocycles. The summed E-state index contributed by atoms with van der Waals surface area (Å²) in [5.74, 6) is 1.04. The Hall–Kier alpha value is -1.95. The first-order valence-electron chi connectivity index (χ1n) is 8.59. The third-order valence-corrected chi connectivity index (χ3v) is 6.22. The van der Waals surface area contributed by atoms with Crippen LogP contribution < -0.4 is 4.90 Å². The van der Waals surface area contributed by atoms with Gasteiger partial charge in [0, 0.05) is 44.0 Å². The maximum atomic E-state index is 12.5. The van der Waals surface area contributed by atoms with Crippen molar-refractivity contribution in [1.82, 2.24) is 14.9 Å². The minimum Gasteiger partial charge on any atom is -0.341 e. The number of piperidine rings is 2. The summed E-state index contributed by atoms with van der Waals surface area (Å²) in [6, 6.07) is 3.78. The van der Waals surface area contributed by atoms with Crippen molar-refractivity contribution >= 4 is 23.2 Å². The molecule has 1 amide bonds. The van der Waals surface area contributed by atoms with E-state index in [1.807, 2.05) is 27.8 Å². The van der Waals surface area contributed by atoms with Crippen molar-refractivity contribution in [3.8, 4) is 0 Å². The van der Waals surface area contributed by atoms with Crippen molar-refractivity contribution in [2.24, 2.45) is 5.41 Å². The Morgan fingerprint density at radius 3 is 2.33 bits per heavy atom. The molecule has 0 saturated carbocycles. The number of likely N-dealkylation sites (tertiary alicyclic amines) is 1. The predicted molar refractivity (Wildman–Crippen MR) is 95.4 cm³/mol. The van der Waals surface area contributed by atoms with Crippen molar-refractivity contribution in [2.45, 2.75) is 25.7 Å². The van der Waals surface area contributed by atoms with Gasteiger partial charge in [-0.15, -0.1) is 0 Å². The van der Waals surface area contributed by atoms with Crippen LogP contribution in [0.4, 0.5) is 5.95 Å². The average Bonchev–Trinajstić information content (AvgIpc) is 3.18. The lowest BCUT2D eigenvalue weighted by atomic mass is 9.71. The van der Waals surface area contributed by atoms with E-state index in [1.54, 1.807) is 23.7 Å². The molecule has 2 aliphatic heterocycles. The Bertz CT molecular complexity index is 670. The van der Waals surface area contributed by atoms with Gasteiger partial charge in [0.1, 0.15) is 0 Å². The molecule has 0 unspecified atom stereocenters. The first-order chi connectivity index (χ1) is 11.8. The Labute approximate surface area is 146 Å². The quantitative estimate of drug-likeness (QED) is 0.842. The fourth-order valence-corrected chi connectivity index (χ4v) is 4.52. The number of nitrogens with zero attached hydrogens (tertiary/aromatic N) is 4. The molecule has 2 saturated heterocycles. The molecule has 6 heteroatoms. The summed E-state index contributed by atoms with van der Waals surface area (Å²) >= 11 is 1.59. The fourth-order valence-electron chi connectivity index (χ4n) is 3.89. The van der Waals surface area contributed by atoms with E-state index in [2.05, 4.69) is 14.9 Å². The topological polar surface area (TPSA) is 49.3 Å². The summed E-state index contributed by atoms with van der Waals surface area (Å²) in [7, 11) is 0. The largest absolute Gasteiger partial charge is 0.341 e. The second-order valence-corrected chi connectivity index (χ2v) is 7.62. The van der Waals surface area contributed by atoms with E-state index in [9.17, 15) is 4.79 Å². The lowest BCUT2D eigenvalue weighted by Gasteiger charge is -2.46. The SMILES string of the molecule is O=C(c1ccsc1)N1CCC2(CC1)CCN(c1ncccn1)CC2. The number of anilines is 1. The van der Waals surface area contributed by atoms with Crippen LogP contribution in [0.15, 0.2) is 35.3 Å².